The number of benzene rings is 2. The van der Waals surface area contributed by atoms with Gasteiger partial charge in [-0.3, -0.25) is 0 Å². The molecule has 0 aliphatic rings. The van der Waals surface area contributed by atoms with E-state index in [1.54, 1.807) is 13.0 Å². The van der Waals surface area contributed by atoms with E-state index >= 15 is 0 Å². The third-order valence-corrected chi connectivity index (χ3v) is 3.34. The molecule has 116 valence electrons. The summed E-state index contributed by atoms with van der Waals surface area (Å²) in [4.78, 5) is 11.8. The van der Waals surface area contributed by atoms with Gasteiger partial charge >= 0.3 is 6.03 Å². The summed E-state index contributed by atoms with van der Waals surface area (Å²) >= 11 is 0. The van der Waals surface area contributed by atoms with Gasteiger partial charge in [0.15, 0.2) is 0 Å². The predicted molar refractivity (Wildman–Crippen MR) is 84.2 cm³/mol. The Morgan fingerprint density at radius 3 is 2.68 bits per heavy atom. The van der Waals surface area contributed by atoms with Crippen LogP contribution in [0.3, 0.4) is 0 Å². The summed E-state index contributed by atoms with van der Waals surface area (Å²) in [6.45, 7) is 2.10. The lowest BCUT2D eigenvalue weighted by atomic mass is 10.1. The first-order valence-corrected chi connectivity index (χ1v) is 7.10. The van der Waals surface area contributed by atoms with Crippen LogP contribution in [-0.2, 0) is 0 Å². The molecule has 4 nitrogen and oxygen atoms in total. The van der Waals surface area contributed by atoms with Crippen molar-refractivity contribution in [2.45, 2.75) is 19.4 Å². The van der Waals surface area contributed by atoms with Crippen molar-refractivity contribution in [1.29, 1.82) is 0 Å². The number of carbonyl (C=O) groups excluding carboxylic acids is 1. The maximum absolute atomic E-state index is 13.1. The zero-order chi connectivity index (χ0) is 15.9. The fraction of sp³-hybridized carbons (Fsp3) is 0.235. The van der Waals surface area contributed by atoms with Gasteiger partial charge in [0.1, 0.15) is 5.82 Å². The van der Waals surface area contributed by atoms with E-state index in [0.29, 0.717) is 18.7 Å². The molecule has 0 saturated carbocycles. The van der Waals surface area contributed by atoms with Gasteiger partial charge in [-0.2, -0.15) is 0 Å². The molecule has 0 heterocycles. The topological polar surface area (TPSA) is 61.4 Å². The fourth-order valence-electron chi connectivity index (χ4n) is 2.06. The van der Waals surface area contributed by atoms with Crippen LogP contribution in [0.4, 0.5) is 14.9 Å². The third kappa shape index (κ3) is 4.56. The Labute approximate surface area is 129 Å². The number of hydrogen-bond donors (Lipinski definition) is 3. The number of halogens is 1. The van der Waals surface area contributed by atoms with E-state index in [4.69, 9.17) is 0 Å². The predicted octanol–water partition coefficient (Wildman–Crippen LogP) is 3.38. The molecule has 5 heteroatoms. The molecule has 0 fully saturated rings. The van der Waals surface area contributed by atoms with E-state index in [-0.39, 0.29) is 0 Å². The van der Waals surface area contributed by atoms with E-state index in [1.165, 1.54) is 12.1 Å². The average molecular weight is 302 g/mol. The Kier molecular flexibility index (Phi) is 5.49. The van der Waals surface area contributed by atoms with E-state index in [0.717, 1.165) is 11.1 Å². The van der Waals surface area contributed by atoms with Gasteiger partial charge in [0.2, 0.25) is 0 Å². The van der Waals surface area contributed by atoms with Gasteiger partial charge < -0.3 is 15.7 Å². The van der Waals surface area contributed by atoms with Crippen LogP contribution in [-0.4, -0.2) is 17.7 Å². The molecule has 3 N–H and O–H groups in total. The first-order valence-electron chi connectivity index (χ1n) is 7.10. The summed E-state index contributed by atoms with van der Waals surface area (Å²) in [7, 11) is 0. The van der Waals surface area contributed by atoms with Gasteiger partial charge in [-0.15, -0.1) is 0 Å². The molecular weight excluding hydrogens is 283 g/mol. The van der Waals surface area contributed by atoms with Crippen molar-refractivity contribution in [2.24, 2.45) is 0 Å². The van der Waals surface area contributed by atoms with Crippen molar-refractivity contribution in [2.75, 3.05) is 11.9 Å². The van der Waals surface area contributed by atoms with Gasteiger partial charge in [0.25, 0.3) is 0 Å². The molecule has 22 heavy (non-hydrogen) atoms. The molecule has 0 aliphatic carbocycles. The van der Waals surface area contributed by atoms with E-state index < -0.39 is 18.0 Å². The SMILES string of the molecule is Cc1ccc(F)cc1NC(=O)NCCC(O)c1ccccc1. The highest BCUT2D eigenvalue weighted by Gasteiger charge is 2.09. The monoisotopic (exact) mass is 302 g/mol. The lowest BCUT2D eigenvalue weighted by Gasteiger charge is -2.13. The van der Waals surface area contributed by atoms with Crippen LogP contribution in [0.2, 0.25) is 0 Å². The zero-order valence-corrected chi connectivity index (χ0v) is 12.3. The van der Waals surface area contributed by atoms with Crippen LogP contribution >= 0.6 is 0 Å². The Morgan fingerprint density at radius 1 is 1.23 bits per heavy atom. The molecule has 2 aromatic rings. The summed E-state index contributed by atoms with van der Waals surface area (Å²) in [5, 5.41) is 15.2. The molecule has 0 saturated heterocycles. The van der Waals surface area contributed by atoms with Crippen molar-refractivity contribution in [3.05, 3.63) is 65.5 Å². The van der Waals surface area contributed by atoms with Crippen molar-refractivity contribution in [3.8, 4) is 0 Å². The second-order valence-corrected chi connectivity index (χ2v) is 5.06. The van der Waals surface area contributed by atoms with Gasteiger partial charge in [0.05, 0.1) is 6.10 Å². The molecular formula is C17H19FN2O2. The van der Waals surface area contributed by atoms with E-state index in [2.05, 4.69) is 10.6 Å². The summed E-state index contributed by atoms with van der Waals surface area (Å²) < 4.78 is 13.1. The number of amides is 2. The molecule has 2 rings (SSSR count). The number of aryl methyl sites for hydroxylation is 1. The van der Waals surface area contributed by atoms with Crippen LogP contribution in [0, 0.1) is 12.7 Å². The smallest absolute Gasteiger partial charge is 0.319 e. The van der Waals surface area contributed by atoms with Crippen molar-refractivity contribution in [3.63, 3.8) is 0 Å². The minimum atomic E-state index is -0.627. The first-order chi connectivity index (χ1) is 10.6. The molecule has 2 aromatic carbocycles. The molecule has 0 radical (unpaired) electrons. The van der Waals surface area contributed by atoms with Gasteiger partial charge in [0, 0.05) is 12.2 Å². The summed E-state index contributed by atoms with van der Waals surface area (Å²) in [6.07, 6.45) is -0.225. The molecule has 1 atom stereocenters. The highest BCUT2D eigenvalue weighted by atomic mass is 19.1. The van der Waals surface area contributed by atoms with E-state index in [1.807, 2.05) is 30.3 Å². The summed E-state index contributed by atoms with van der Waals surface area (Å²) in [5.74, 6) is -0.402. The first kappa shape index (κ1) is 16.0. The molecule has 1 unspecified atom stereocenters. The molecule has 0 spiro atoms. The van der Waals surface area contributed by atoms with Crippen LogP contribution < -0.4 is 10.6 Å². The Morgan fingerprint density at radius 2 is 1.95 bits per heavy atom. The number of anilines is 1. The van der Waals surface area contributed by atoms with Crippen LogP contribution in [0.1, 0.15) is 23.7 Å². The molecule has 0 aromatic heterocycles. The molecule has 0 aliphatic heterocycles. The maximum Gasteiger partial charge on any atom is 0.319 e. The van der Waals surface area contributed by atoms with Crippen LogP contribution in [0.25, 0.3) is 0 Å². The summed E-state index contributed by atoms with van der Waals surface area (Å²) in [6, 6.07) is 13.0. The van der Waals surface area contributed by atoms with Crippen molar-refractivity contribution in [1.82, 2.24) is 5.32 Å². The minimum Gasteiger partial charge on any atom is -0.388 e. The minimum absolute atomic E-state index is 0.316. The third-order valence-electron chi connectivity index (χ3n) is 3.34. The molecule has 2 amide bonds. The highest BCUT2D eigenvalue weighted by Crippen LogP contribution is 2.16. The summed E-state index contributed by atoms with van der Waals surface area (Å²) in [5.41, 5.74) is 2.02. The molecule has 0 bridgehead atoms. The van der Waals surface area contributed by atoms with E-state index in [9.17, 15) is 14.3 Å². The van der Waals surface area contributed by atoms with Gasteiger partial charge in [-0.25, -0.2) is 9.18 Å². The van der Waals surface area contributed by atoms with Crippen LogP contribution in [0.15, 0.2) is 48.5 Å². The number of aliphatic hydroxyl groups excluding tert-OH is 1. The number of aliphatic hydroxyl groups is 1. The van der Waals surface area contributed by atoms with Gasteiger partial charge in [-0.1, -0.05) is 36.4 Å². The Bertz CT molecular complexity index is 632. The second kappa shape index (κ2) is 7.56. The zero-order valence-electron chi connectivity index (χ0n) is 12.3. The van der Waals surface area contributed by atoms with Gasteiger partial charge in [-0.05, 0) is 36.6 Å². The standard InChI is InChI=1S/C17H19FN2O2/c1-12-7-8-14(18)11-15(12)20-17(22)19-10-9-16(21)13-5-3-2-4-6-13/h2-8,11,16,21H,9-10H2,1H3,(H2,19,20,22). The number of hydrogen-bond acceptors (Lipinski definition) is 2. The van der Waals surface area contributed by atoms with Crippen LogP contribution in [0.5, 0.6) is 0 Å². The lowest BCUT2D eigenvalue weighted by molar-refractivity contribution is 0.167. The van der Waals surface area contributed by atoms with Crippen molar-refractivity contribution >= 4 is 11.7 Å². The number of carbonyl (C=O) groups is 1. The normalized spacial score (nSPS) is 11.8. The second-order valence-electron chi connectivity index (χ2n) is 5.06. The fourth-order valence-corrected chi connectivity index (χ4v) is 2.06. The Hall–Kier alpha value is -2.40. The quantitative estimate of drug-likeness (QED) is 0.793. The highest BCUT2D eigenvalue weighted by molar-refractivity contribution is 5.90. The Balaban J connectivity index is 1.80. The maximum atomic E-state index is 13.1. The lowest BCUT2D eigenvalue weighted by Crippen LogP contribution is -2.30. The number of rotatable bonds is 5. The average Bonchev–Trinajstić information content (AvgIpc) is 2.51. The largest absolute Gasteiger partial charge is 0.388 e. The van der Waals surface area contributed by atoms with Crippen molar-refractivity contribution < 1.29 is 14.3 Å². The number of nitrogens with one attached hydrogen (secondary N) is 2. The number of urea groups is 1.